The van der Waals surface area contributed by atoms with Crippen molar-refractivity contribution < 1.29 is 9.53 Å². The van der Waals surface area contributed by atoms with Crippen LogP contribution in [0.4, 0.5) is 0 Å². The lowest BCUT2D eigenvalue weighted by Gasteiger charge is -1.97. The van der Waals surface area contributed by atoms with E-state index in [-0.39, 0.29) is 0 Å². The molecule has 0 aliphatic carbocycles. The molecule has 0 unspecified atom stereocenters. The Morgan fingerprint density at radius 1 is 1.56 bits per heavy atom. The first-order chi connectivity index (χ1) is 4.41. The Morgan fingerprint density at radius 3 is 2.89 bits per heavy atom. The van der Waals surface area contributed by atoms with Gasteiger partial charge in [0.05, 0.1) is 0 Å². The molecule has 0 fully saturated rings. The summed E-state index contributed by atoms with van der Waals surface area (Å²) in [5.74, 6) is 0. The average Bonchev–Trinajstić information content (AvgIpc) is 1.89. The van der Waals surface area contributed by atoms with Crippen molar-refractivity contribution >= 4 is 6.41 Å². The summed E-state index contributed by atoms with van der Waals surface area (Å²) < 4.78 is 4.81. The van der Waals surface area contributed by atoms with Gasteiger partial charge in [-0.3, -0.25) is 4.79 Å². The molecule has 0 rings (SSSR count). The highest BCUT2D eigenvalue weighted by Crippen LogP contribution is 1.84. The van der Waals surface area contributed by atoms with Crippen molar-refractivity contribution in [3.05, 3.63) is 0 Å². The standard InChI is InChI=1S/C6H13NO2/c1-9-5-3-2-4-7-6-8/h6H,2-5H2,1H3,(H,7,8). The van der Waals surface area contributed by atoms with E-state index in [1.54, 1.807) is 7.11 Å². The number of carbonyl (C=O) groups is 1. The van der Waals surface area contributed by atoms with E-state index in [9.17, 15) is 4.79 Å². The zero-order valence-electron chi connectivity index (χ0n) is 5.72. The van der Waals surface area contributed by atoms with Crippen LogP contribution in [0.2, 0.25) is 0 Å². The first kappa shape index (κ1) is 8.43. The molecule has 1 N–H and O–H groups in total. The number of nitrogens with one attached hydrogen (secondary N) is 1. The number of hydrogen-bond donors (Lipinski definition) is 1. The van der Waals surface area contributed by atoms with E-state index in [4.69, 9.17) is 4.74 Å². The highest BCUT2D eigenvalue weighted by molar-refractivity contribution is 5.45. The number of carbonyl (C=O) groups excluding carboxylic acids is 1. The molecule has 0 saturated heterocycles. The van der Waals surface area contributed by atoms with Gasteiger partial charge in [-0.05, 0) is 12.8 Å². The van der Waals surface area contributed by atoms with Gasteiger partial charge >= 0.3 is 0 Å². The van der Waals surface area contributed by atoms with Crippen LogP contribution in [0, 0.1) is 0 Å². The maximum atomic E-state index is 9.70. The molecule has 0 atom stereocenters. The van der Waals surface area contributed by atoms with Crippen molar-refractivity contribution in [1.82, 2.24) is 5.32 Å². The molecule has 1 amide bonds. The Bertz CT molecular complexity index is 66.1. The normalized spacial score (nSPS) is 9.00. The molecular formula is C6H13NO2. The van der Waals surface area contributed by atoms with Gasteiger partial charge in [-0.25, -0.2) is 0 Å². The highest BCUT2D eigenvalue weighted by atomic mass is 16.5. The fourth-order valence-corrected chi connectivity index (χ4v) is 0.532. The van der Waals surface area contributed by atoms with Gasteiger partial charge in [0.15, 0.2) is 0 Å². The van der Waals surface area contributed by atoms with Crippen LogP contribution in [0.3, 0.4) is 0 Å². The van der Waals surface area contributed by atoms with Crippen LogP contribution < -0.4 is 5.32 Å². The summed E-state index contributed by atoms with van der Waals surface area (Å²) in [4.78, 5) is 9.70. The van der Waals surface area contributed by atoms with Gasteiger partial charge in [-0.1, -0.05) is 0 Å². The van der Waals surface area contributed by atoms with Gasteiger partial charge in [0, 0.05) is 20.3 Å². The van der Waals surface area contributed by atoms with Gasteiger partial charge in [-0.2, -0.15) is 0 Å². The predicted octanol–water partition coefficient (Wildman–Crippen LogP) is 0.159. The first-order valence-electron chi connectivity index (χ1n) is 3.07. The Balaban J connectivity index is 2.66. The smallest absolute Gasteiger partial charge is 0.207 e. The minimum Gasteiger partial charge on any atom is -0.385 e. The average molecular weight is 131 g/mol. The maximum absolute atomic E-state index is 9.70. The van der Waals surface area contributed by atoms with Gasteiger partial charge < -0.3 is 10.1 Å². The number of amides is 1. The van der Waals surface area contributed by atoms with Crippen molar-refractivity contribution in [2.24, 2.45) is 0 Å². The molecule has 0 aromatic rings. The van der Waals surface area contributed by atoms with Gasteiger partial charge in [0.1, 0.15) is 0 Å². The van der Waals surface area contributed by atoms with Crippen LogP contribution in [0.5, 0.6) is 0 Å². The summed E-state index contributed by atoms with van der Waals surface area (Å²) in [5, 5.41) is 2.57. The third-order valence-electron chi connectivity index (χ3n) is 1.00. The number of hydrogen-bond acceptors (Lipinski definition) is 2. The van der Waals surface area contributed by atoms with Crippen LogP contribution in [0.15, 0.2) is 0 Å². The molecule has 0 bridgehead atoms. The van der Waals surface area contributed by atoms with Gasteiger partial charge in [-0.15, -0.1) is 0 Å². The van der Waals surface area contributed by atoms with Crippen LogP contribution in [0.25, 0.3) is 0 Å². The van der Waals surface area contributed by atoms with Gasteiger partial charge in [0.2, 0.25) is 6.41 Å². The van der Waals surface area contributed by atoms with Crippen LogP contribution in [0.1, 0.15) is 12.8 Å². The SMILES string of the molecule is COCCCCNC=O. The number of methoxy groups -OCH3 is 1. The highest BCUT2D eigenvalue weighted by Gasteiger charge is 1.84. The number of unbranched alkanes of at least 4 members (excludes halogenated alkanes) is 1. The Hall–Kier alpha value is -0.570. The molecular weight excluding hydrogens is 118 g/mol. The van der Waals surface area contributed by atoms with Crippen molar-refractivity contribution in [3.63, 3.8) is 0 Å². The second-order valence-corrected chi connectivity index (χ2v) is 1.77. The summed E-state index contributed by atoms with van der Waals surface area (Å²) in [5.41, 5.74) is 0. The van der Waals surface area contributed by atoms with E-state index in [2.05, 4.69) is 5.32 Å². The summed E-state index contributed by atoms with van der Waals surface area (Å²) in [6, 6.07) is 0. The van der Waals surface area contributed by atoms with Crippen LogP contribution in [-0.2, 0) is 9.53 Å². The monoisotopic (exact) mass is 131 g/mol. The fourth-order valence-electron chi connectivity index (χ4n) is 0.532. The minimum absolute atomic E-state index is 0.715. The second kappa shape index (κ2) is 7.43. The number of ether oxygens (including phenoxy) is 1. The molecule has 0 radical (unpaired) electrons. The van der Waals surface area contributed by atoms with E-state index < -0.39 is 0 Å². The van der Waals surface area contributed by atoms with Gasteiger partial charge in [0.25, 0.3) is 0 Å². The maximum Gasteiger partial charge on any atom is 0.207 e. The summed E-state index contributed by atoms with van der Waals surface area (Å²) in [7, 11) is 1.67. The molecule has 0 aromatic heterocycles. The predicted molar refractivity (Wildman–Crippen MR) is 35.2 cm³/mol. The zero-order valence-corrected chi connectivity index (χ0v) is 5.72. The minimum atomic E-state index is 0.715. The summed E-state index contributed by atoms with van der Waals surface area (Å²) in [6.07, 6.45) is 2.72. The molecule has 0 aliphatic heterocycles. The quantitative estimate of drug-likeness (QED) is 0.412. The van der Waals surface area contributed by atoms with E-state index in [0.717, 1.165) is 26.0 Å². The Kier molecular flexibility index (Phi) is 6.96. The van der Waals surface area contributed by atoms with Crippen LogP contribution >= 0.6 is 0 Å². The lowest BCUT2D eigenvalue weighted by atomic mass is 10.3. The summed E-state index contributed by atoms with van der Waals surface area (Å²) >= 11 is 0. The third kappa shape index (κ3) is 7.43. The molecule has 3 heteroatoms. The van der Waals surface area contributed by atoms with Crippen molar-refractivity contribution in [3.8, 4) is 0 Å². The Morgan fingerprint density at radius 2 is 2.33 bits per heavy atom. The molecule has 9 heavy (non-hydrogen) atoms. The molecule has 0 saturated carbocycles. The van der Waals surface area contributed by atoms with Crippen molar-refractivity contribution in [2.75, 3.05) is 20.3 Å². The summed E-state index contributed by atoms with van der Waals surface area (Å²) in [6.45, 7) is 1.54. The second-order valence-electron chi connectivity index (χ2n) is 1.77. The molecule has 3 nitrogen and oxygen atoms in total. The lowest BCUT2D eigenvalue weighted by Crippen LogP contribution is -2.12. The van der Waals surface area contributed by atoms with Crippen LogP contribution in [-0.4, -0.2) is 26.7 Å². The van der Waals surface area contributed by atoms with E-state index >= 15 is 0 Å². The molecule has 0 spiro atoms. The molecule has 0 heterocycles. The lowest BCUT2D eigenvalue weighted by molar-refractivity contribution is -0.109. The first-order valence-corrected chi connectivity index (χ1v) is 3.07. The van der Waals surface area contributed by atoms with E-state index in [1.165, 1.54) is 0 Å². The number of rotatable bonds is 6. The molecule has 54 valence electrons. The fraction of sp³-hybridized carbons (Fsp3) is 0.833. The Labute approximate surface area is 55.4 Å². The molecule has 0 aliphatic rings. The van der Waals surface area contributed by atoms with E-state index in [0.29, 0.717) is 6.41 Å². The molecule has 0 aromatic carbocycles. The topological polar surface area (TPSA) is 38.3 Å². The van der Waals surface area contributed by atoms with Crippen molar-refractivity contribution in [2.45, 2.75) is 12.8 Å². The zero-order chi connectivity index (χ0) is 6.95. The van der Waals surface area contributed by atoms with E-state index in [1.807, 2.05) is 0 Å². The largest absolute Gasteiger partial charge is 0.385 e. The third-order valence-corrected chi connectivity index (χ3v) is 1.00. The van der Waals surface area contributed by atoms with Crippen molar-refractivity contribution in [1.29, 1.82) is 0 Å².